The van der Waals surface area contributed by atoms with Gasteiger partial charge in [-0.1, -0.05) is 42.5 Å². The van der Waals surface area contributed by atoms with E-state index in [9.17, 15) is 10.1 Å². The van der Waals surface area contributed by atoms with Crippen molar-refractivity contribution in [2.75, 3.05) is 0 Å². The maximum Gasteiger partial charge on any atom is 0.311 e. The summed E-state index contributed by atoms with van der Waals surface area (Å²) in [4.78, 5) is 10.1. The van der Waals surface area contributed by atoms with Crippen molar-refractivity contribution in [3.8, 4) is 0 Å². The van der Waals surface area contributed by atoms with Gasteiger partial charge in [0, 0.05) is 22.0 Å². The van der Waals surface area contributed by atoms with Crippen LogP contribution < -0.4 is 0 Å². The summed E-state index contributed by atoms with van der Waals surface area (Å²) in [6, 6.07) is 13.5. The first-order valence-corrected chi connectivity index (χ1v) is 5.47. The van der Waals surface area contributed by atoms with Crippen LogP contribution in [0.5, 0.6) is 0 Å². The highest BCUT2D eigenvalue weighted by Crippen LogP contribution is 2.22. The van der Waals surface area contributed by atoms with Crippen molar-refractivity contribution in [1.82, 2.24) is 0 Å². The molecule has 0 bridgehead atoms. The van der Waals surface area contributed by atoms with Crippen LogP contribution in [0.25, 0.3) is 16.8 Å². The van der Waals surface area contributed by atoms with E-state index in [0.717, 1.165) is 16.3 Å². The Bertz CT molecular complexity index is 573. The van der Waals surface area contributed by atoms with Gasteiger partial charge in [-0.15, -0.1) is 0 Å². The lowest BCUT2D eigenvalue weighted by Gasteiger charge is -2.00. The SMILES string of the molecule is O=[N+]([O-])/C(Br)=C/c1cccc2ccccc12. The fourth-order valence-electron chi connectivity index (χ4n) is 1.56. The first kappa shape index (κ1) is 10.8. The van der Waals surface area contributed by atoms with Gasteiger partial charge in [0.05, 0.1) is 4.92 Å². The number of nitro groups is 1. The largest absolute Gasteiger partial charge is 0.311 e. The van der Waals surface area contributed by atoms with E-state index in [1.54, 1.807) is 0 Å². The first-order valence-electron chi connectivity index (χ1n) is 4.68. The molecule has 0 N–H and O–H groups in total. The van der Waals surface area contributed by atoms with Crippen LogP contribution >= 0.6 is 15.9 Å². The molecule has 4 heteroatoms. The highest BCUT2D eigenvalue weighted by atomic mass is 79.9. The lowest BCUT2D eigenvalue weighted by molar-refractivity contribution is -0.407. The van der Waals surface area contributed by atoms with Crippen molar-refractivity contribution in [3.05, 3.63) is 62.7 Å². The van der Waals surface area contributed by atoms with Crippen LogP contribution in [0.3, 0.4) is 0 Å². The van der Waals surface area contributed by atoms with Crippen LogP contribution in [0.15, 0.2) is 47.1 Å². The quantitative estimate of drug-likeness (QED) is 0.476. The van der Waals surface area contributed by atoms with Gasteiger partial charge in [-0.25, -0.2) is 0 Å². The van der Waals surface area contributed by atoms with E-state index >= 15 is 0 Å². The topological polar surface area (TPSA) is 43.1 Å². The molecule has 0 amide bonds. The molecule has 0 aliphatic carbocycles. The summed E-state index contributed by atoms with van der Waals surface area (Å²) in [6.07, 6.45) is 1.52. The molecule has 2 aromatic rings. The summed E-state index contributed by atoms with van der Waals surface area (Å²) in [7, 11) is 0. The Labute approximate surface area is 101 Å². The minimum Gasteiger partial charge on any atom is -0.258 e. The molecule has 2 aromatic carbocycles. The molecule has 0 spiro atoms. The fraction of sp³-hybridized carbons (Fsp3) is 0. The number of rotatable bonds is 2. The third-order valence-corrected chi connectivity index (χ3v) is 2.79. The monoisotopic (exact) mass is 277 g/mol. The highest BCUT2D eigenvalue weighted by Gasteiger charge is 2.06. The van der Waals surface area contributed by atoms with Crippen molar-refractivity contribution >= 4 is 32.8 Å². The second-order valence-corrected chi connectivity index (χ2v) is 4.11. The minimum atomic E-state index is -0.457. The van der Waals surface area contributed by atoms with Crippen LogP contribution in [-0.4, -0.2) is 4.92 Å². The molecule has 0 saturated carbocycles. The molecule has 0 fully saturated rings. The molecule has 0 heterocycles. The molecule has 0 aromatic heterocycles. The molecule has 0 unspecified atom stereocenters. The third-order valence-electron chi connectivity index (χ3n) is 2.27. The Morgan fingerprint density at radius 3 is 2.62 bits per heavy atom. The van der Waals surface area contributed by atoms with Gasteiger partial charge in [0.2, 0.25) is 0 Å². The molecule has 0 aliphatic rings. The fourth-order valence-corrected chi connectivity index (χ4v) is 1.80. The van der Waals surface area contributed by atoms with Crippen LogP contribution in [0.1, 0.15) is 5.56 Å². The lowest BCUT2D eigenvalue weighted by atomic mass is 10.0. The Balaban J connectivity index is 2.61. The zero-order valence-corrected chi connectivity index (χ0v) is 9.85. The number of hydrogen-bond donors (Lipinski definition) is 0. The summed E-state index contributed by atoms with van der Waals surface area (Å²) in [5.74, 6) is 0. The van der Waals surface area contributed by atoms with Gasteiger partial charge >= 0.3 is 4.61 Å². The normalized spacial score (nSPS) is 11.7. The molecule has 2 rings (SSSR count). The van der Waals surface area contributed by atoms with Crippen LogP contribution in [-0.2, 0) is 0 Å². The van der Waals surface area contributed by atoms with Gasteiger partial charge < -0.3 is 0 Å². The third kappa shape index (κ3) is 2.12. The Hall–Kier alpha value is -1.68. The number of nitrogens with zero attached hydrogens (tertiary/aromatic N) is 1. The van der Waals surface area contributed by atoms with Gasteiger partial charge in [-0.2, -0.15) is 0 Å². The van der Waals surface area contributed by atoms with E-state index < -0.39 is 4.92 Å². The Morgan fingerprint density at radius 2 is 1.88 bits per heavy atom. The molecule has 80 valence electrons. The summed E-state index contributed by atoms with van der Waals surface area (Å²) < 4.78 is -0.0381. The summed E-state index contributed by atoms with van der Waals surface area (Å²) in [6.45, 7) is 0. The Kier molecular flexibility index (Phi) is 3.01. The molecule has 0 atom stereocenters. The maximum atomic E-state index is 10.5. The van der Waals surface area contributed by atoms with Crippen LogP contribution in [0.4, 0.5) is 0 Å². The maximum absolute atomic E-state index is 10.5. The summed E-state index contributed by atoms with van der Waals surface area (Å²) in [5, 5.41) is 12.6. The van der Waals surface area contributed by atoms with E-state index in [4.69, 9.17) is 0 Å². The second kappa shape index (κ2) is 4.45. The predicted molar refractivity (Wildman–Crippen MR) is 67.8 cm³/mol. The van der Waals surface area contributed by atoms with Crippen LogP contribution in [0.2, 0.25) is 0 Å². The highest BCUT2D eigenvalue weighted by molar-refractivity contribution is 9.11. The van der Waals surface area contributed by atoms with Crippen molar-refractivity contribution in [1.29, 1.82) is 0 Å². The second-order valence-electron chi connectivity index (χ2n) is 3.29. The van der Waals surface area contributed by atoms with Crippen molar-refractivity contribution < 1.29 is 4.92 Å². The summed E-state index contributed by atoms with van der Waals surface area (Å²) >= 11 is 2.93. The zero-order chi connectivity index (χ0) is 11.5. The first-order chi connectivity index (χ1) is 7.68. The molecular weight excluding hydrogens is 270 g/mol. The van der Waals surface area contributed by atoms with Crippen molar-refractivity contribution in [2.45, 2.75) is 0 Å². The molecule has 3 nitrogen and oxygen atoms in total. The van der Waals surface area contributed by atoms with Gasteiger partial charge in [-0.05, 0) is 16.3 Å². The molecule has 0 aliphatic heterocycles. The van der Waals surface area contributed by atoms with Crippen molar-refractivity contribution in [2.24, 2.45) is 0 Å². The summed E-state index contributed by atoms with van der Waals surface area (Å²) in [5.41, 5.74) is 0.835. The average Bonchev–Trinajstić information content (AvgIpc) is 2.29. The number of benzene rings is 2. The van der Waals surface area contributed by atoms with Gasteiger partial charge in [0.25, 0.3) is 0 Å². The predicted octanol–water partition coefficient (Wildman–Crippen LogP) is 3.81. The van der Waals surface area contributed by atoms with Crippen LogP contribution in [0, 0.1) is 10.1 Å². The van der Waals surface area contributed by atoms with E-state index in [1.807, 2.05) is 42.5 Å². The van der Waals surface area contributed by atoms with E-state index in [-0.39, 0.29) is 4.61 Å². The molecule has 16 heavy (non-hydrogen) atoms. The standard InChI is InChI=1S/C12H8BrNO2/c13-12(14(15)16)8-10-6-3-5-9-4-1-2-7-11(9)10/h1-8H/b12-8+. The van der Waals surface area contributed by atoms with E-state index in [0.29, 0.717) is 0 Å². The molecule has 0 saturated heterocycles. The Morgan fingerprint density at radius 1 is 1.19 bits per heavy atom. The van der Waals surface area contributed by atoms with E-state index in [1.165, 1.54) is 6.08 Å². The molecular formula is C12H8BrNO2. The lowest BCUT2D eigenvalue weighted by Crippen LogP contribution is -1.90. The smallest absolute Gasteiger partial charge is 0.258 e. The van der Waals surface area contributed by atoms with E-state index in [2.05, 4.69) is 15.9 Å². The van der Waals surface area contributed by atoms with Gasteiger partial charge in [0.1, 0.15) is 0 Å². The minimum absolute atomic E-state index is 0.0381. The zero-order valence-electron chi connectivity index (χ0n) is 8.26. The van der Waals surface area contributed by atoms with Gasteiger partial charge in [0.15, 0.2) is 0 Å². The molecule has 0 radical (unpaired) electrons. The van der Waals surface area contributed by atoms with Gasteiger partial charge in [-0.3, -0.25) is 10.1 Å². The van der Waals surface area contributed by atoms with Crippen molar-refractivity contribution in [3.63, 3.8) is 0 Å². The number of halogens is 1. The number of hydrogen-bond acceptors (Lipinski definition) is 2. The number of fused-ring (bicyclic) bond motifs is 1. The average molecular weight is 278 g/mol.